The van der Waals surface area contributed by atoms with Gasteiger partial charge in [0.1, 0.15) is 5.52 Å². The van der Waals surface area contributed by atoms with Crippen molar-refractivity contribution in [1.82, 2.24) is 24.0 Å². The fourth-order valence-corrected chi connectivity index (χ4v) is 1.68. The molecule has 1 N–H and O–H groups in total. The molecule has 2 aromatic rings. The van der Waals surface area contributed by atoms with Crippen molar-refractivity contribution in [2.24, 2.45) is 7.05 Å². The second kappa shape index (κ2) is 5.36. The summed E-state index contributed by atoms with van der Waals surface area (Å²) in [5.74, 6) is 0. The Morgan fingerprint density at radius 3 is 2.67 bits per heavy atom. The highest BCUT2D eigenvalue weighted by Gasteiger charge is 2.12. The van der Waals surface area contributed by atoms with E-state index in [1.165, 1.54) is 17.9 Å². The molecule has 0 aliphatic rings. The summed E-state index contributed by atoms with van der Waals surface area (Å²) in [6.45, 7) is 1.21. The predicted octanol–water partition coefficient (Wildman–Crippen LogP) is -0.593. The number of halogens is 1. The monoisotopic (exact) mass is 273 g/mol. The van der Waals surface area contributed by atoms with Crippen LogP contribution in [0.25, 0.3) is 11.2 Å². The fraction of sp³-hybridized carbons (Fsp3) is 0.500. The Balaban J connectivity index is 0.00000162. The number of aromatic amines is 1. The number of likely N-dealkylation sites (N-methyl/N-ethyl adjacent to an activating group) is 1. The molecule has 2 heterocycles. The molecule has 0 radical (unpaired) electrons. The van der Waals surface area contributed by atoms with Gasteiger partial charge in [0.2, 0.25) is 0 Å². The quantitative estimate of drug-likeness (QED) is 0.811. The summed E-state index contributed by atoms with van der Waals surface area (Å²) in [6, 6.07) is 0. The molecule has 0 bridgehead atoms. The minimum atomic E-state index is -0.344. The number of hydrogen-bond donors (Lipinski definition) is 1. The van der Waals surface area contributed by atoms with E-state index < -0.39 is 0 Å². The van der Waals surface area contributed by atoms with Crippen molar-refractivity contribution in [2.75, 3.05) is 20.6 Å². The van der Waals surface area contributed by atoms with Crippen LogP contribution < -0.4 is 11.2 Å². The Kier molecular flexibility index (Phi) is 4.31. The molecule has 7 nitrogen and oxygen atoms in total. The van der Waals surface area contributed by atoms with E-state index in [2.05, 4.69) is 9.97 Å². The molecule has 0 aliphatic carbocycles. The van der Waals surface area contributed by atoms with Crippen LogP contribution in [0.3, 0.4) is 0 Å². The zero-order valence-electron chi connectivity index (χ0n) is 10.5. The van der Waals surface area contributed by atoms with Gasteiger partial charge in [-0.1, -0.05) is 0 Å². The van der Waals surface area contributed by atoms with E-state index in [9.17, 15) is 9.59 Å². The molecule has 2 aromatic heterocycles. The van der Waals surface area contributed by atoms with Gasteiger partial charge in [-0.2, -0.15) is 0 Å². The fourth-order valence-electron chi connectivity index (χ4n) is 1.68. The highest BCUT2D eigenvalue weighted by molar-refractivity contribution is 5.85. The predicted molar refractivity (Wildman–Crippen MR) is 71.4 cm³/mol. The van der Waals surface area contributed by atoms with Crippen molar-refractivity contribution in [3.63, 3.8) is 0 Å². The van der Waals surface area contributed by atoms with E-state index in [4.69, 9.17) is 0 Å². The summed E-state index contributed by atoms with van der Waals surface area (Å²) >= 11 is 0. The first-order valence-electron chi connectivity index (χ1n) is 5.30. The van der Waals surface area contributed by atoms with Gasteiger partial charge in [-0.05, 0) is 14.1 Å². The lowest BCUT2D eigenvalue weighted by molar-refractivity contribution is 0.380. The van der Waals surface area contributed by atoms with E-state index in [1.807, 2.05) is 19.0 Å². The number of nitrogens with one attached hydrogen (secondary N) is 1. The summed E-state index contributed by atoms with van der Waals surface area (Å²) in [7, 11) is 5.32. The average Bonchev–Trinajstić information content (AvgIpc) is 2.74. The molecule has 0 fully saturated rings. The van der Waals surface area contributed by atoms with Crippen molar-refractivity contribution >= 4 is 23.6 Å². The molecule has 2 rings (SSSR count). The first-order chi connectivity index (χ1) is 8.02. The number of fused-ring (bicyclic) bond motifs is 1. The lowest BCUT2D eigenvalue weighted by Gasteiger charge is -2.12. The highest BCUT2D eigenvalue weighted by Crippen LogP contribution is 2.00. The lowest BCUT2D eigenvalue weighted by atomic mass is 10.5. The third-order valence-corrected chi connectivity index (χ3v) is 2.68. The van der Waals surface area contributed by atoms with E-state index >= 15 is 0 Å². The van der Waals surface area contributed by atoms with Crippen LogP contribution in [0.1, 0.15) is 0 Å². The van der Waals surface area contributed by atoms with E-state index in [0.29, 0.717) is 24.3 Å². The topological polar surface area (TPSA) is 75.9 Å². The molecule has 18 heavy (non-hydrogen) atoms. The standard InChI is InChI=1S/C10H15N5O2.ClH/c1-13(2)4-5-15-8-7(11-6-12-8)9(16)14(3)10(15)17;/h6H,4-5H2,1-3H3,(H,11,12);1H. The number of aromatic nitrogens is 4. The first kappa shape index (κ1) is 14.5. The largest absolute Gasteiger partial charge is 0.339 e. The van der Waals surface area contributed by atoms with Crippen LogP contribution in [-0.4, -0.2) is 44.6 Å². The SMILES string of the molecule is CN(C)CCn1c(=O)n(C)c(=O)c2[nH]cnc21.Cl. The van der Waals surface area contributed by atoms with Crippen molar-refractivity contribution < 1.29 is 0 Å². The number of H-pyrrole nitrogens is 1. The van der Waals surface area contributed by atoms with Gasteiger partial charge in [0.05, 0.1) is 6.33 Å². The Hall–Kier alpha value is -1.60. The molecule has 100 valence electrons. The third kappa shape index (κ3) is 2.32. The summed E-state index contributed by atoms with van der Waals surface area (Å²) in [4.78, 5) is 32.5. The lowest BCUT2D eigenvalue weighted by Crippen LogP contribution is -2.39. The molecule has 0 spiro atoms. The van der Waals surface area contributed by atoms with Crippen molar-refractivity contribution in [1.29, 1.82) is 0 Å². The van der Waals surface area contributed by atoms with Crippen LogP contribution in [0.15, 0.2) is 15.9 Å². The van der Waals surface area contributed by atoms with Crippen LogP contribution >= 0.6 is 12.4 Å². The summed E-state index contributed by atoms with van der Waals surface area (Å²) in [5.41, 5.74) is 0.103. The van der Waals surface area contributed by atoms with Crippen LogP contribution in [0.2, 0.25) is 0 Å². The maximum Gasteiger partial charge on any atom is 0.332 e. The summed E-state index contributed by atoms with van der Waals surface area (Å²) < 4.78 is 2.60. The second-order valence-electron chi connectivity index (χ2n) is 4.20. The molecular formula is C10H16ClN5O2. The summed E-state index contributed by atoms with van der Waals surface area (Å²) in [5, 5.41) is 0. The molecule has 0 amide bonds. The number of nitrogens with zero attached hydrogens (tertiary/aromatic N) is 4. The maximum absolute atomic E-state index is 12.0. The van der Waals surface area contributed by atoms with Gasteiger partial charge in [-0.3, -0.25) is 13.9 Å². The van der Waals surface area contributed by atoms with Gasteiger partial charge in [0.25, 0.3) is 5.56 Å². The Labute approximate surface area is 109 Å². The highest BCUT2D eigenvalue weighted by atomic mass is 35.5. The molecule has 0 atom stereocenters. The van der Waals surface area contributed by atoms with E-state index in [-0.39, 0.29) is 23.7 Å². The van der Waals surface area contributed by atoms with Crippen molar-refractivity contribution in [2.45, 2.75) is 6.54 Å². The minimum Gasteiger partial charge on any atom is -0.339 e. The molecular weight excluding hydrogens is 258 g/mol. The Morgan fingerprint density at radius 1 is 1.39 bits per heavy atom. The molecule has 0 saturated heterocycles. The van der Waals surface area contributed by atoms with Gasteiger partial charge in [0, 0.05) is 20.1 Å². The summed E-state index contributed by atoms with van der Waals surface area (Å²) in [6.07, 6.45) is 1.43. The van der Waals surface area contributed by atoms with Crippen LogP contribution in [0.4, 0.5) is 0 Å². The molecule has 0 aromatic carbocycles. The van der Waals surface area contributed by atoms with Crippen LogP contribution in [0, 0.1) is 0 Å². The van der Waals surface area contributed by atoms with Crippen LogP contribution in [0.5, 0.6) is 0 Å². The molecule has 0 unspecified atom stereocenters. The number of imidazole rings is 1. The average molecular weight is 274 g/mol. The van der Waals surface area contributed by atoms with Gasteiger partial charge < -0.3 is 9.88 Å². The molecule has 0 aliphatic heterocycles. The number of hydrogen-bond acceptors (Lipinski definition) is 4. The molecule has 0 saturated carbocycles. The Bertz CT molecular complexity index is 654. The molecule has 8 heteroatoms. The second-order valence-corrected chi connectivity index (χ2v) is 4.20. The Morgan fingerprint density at radius 2 is 2.06 bits per heavy atom. The zero-order valence-corrected chi connectivity index (χ0v) is 11.3. The van der Waals surface area contributed by atoms with Gasteiger partial charge >= 0.3 is 5.69 Å². The van der Waals surface area contributed by atoms with Crippen molar-refractivity contribution in [3.8, 4) is 0 Å². The number of rotatable bonds is 3. The van der Waals surface area contributed by atoms with Crippen molar-refractivity contribution in [3.05, 3.63) is 27.2 Å². The van der Waals surface area contributed by atoms with Gasteiger partial charge in [-0.25, -0.2) is 9.78 Å². The van der Waals surface area contributed by atoms with Crippen LogP contribution in [-0.2, 0) is 13.6 Å². The minimum absolute atomic E-state index is 0. The first-order valence-corrected chi connectivity index (χ1v) is 5.30. The van der Waals surface area contributed by atoms with E-state index in [1.54, 1.807) is 0 Å². The maximum atomic E-state index is 12.0. The van der Waals surface area contributed by atoms with Gasteiger partial charge in [-0.15, -0.1) is 12.4 Å². The zero-order chi connectivity index (χ0) is 12.6. The normalized spacial score (nSPS) is 10.9. The smallest absolute Gasteiger partial charge is 0.332 e. The van der Waals surface area contributed by atoms with Gasteiger partial charge in [0.15, 0.2) is 5.65 Å². The van der Waals surface area contributed by atoms with E-state index in [0.717, 1.165) is 4.57 Å². The third-order valence-electron chi connectivity index (χ3n) is 2.68.